The molecule has 12 nitrogen and oxygen atoms in total. The first-order valence-corrected chi connectivity index (χ1v) is 28.6. The molecule has 1 aliphatic rings. The summed E-state index contributed by atoms with van der Waals surface area (Å²) in [5.41, 5.74) is 13.9. The molecule has 0 fully saturated rings. The van der Waals surface area contributed by atoms with Crippen molar-refractivity contribution in [3.05, 3.63) is 205 Å². The number of halogens is 6. The number of nitrogens with one attached hydrogen (secondary N) is 2. The standard InChI is InChI=1S/C28H17Cl2FN6S.C27H15Cl2FN4S.C7H14O2.CH3.Cu.H/c29-21-11-18(2-3-23(21)31)36-27-17(12-32)13-33-28-20(27)8-15(9-22(28)30)7-19(24-5-6-35-37-24)16-1-4-25-26(10-16)38-14-34-25;1-2-16(17-3-6-24-25(10-17)35-14-33-24)7-15-8-20-26(34-19-4-5-23(30)21(28)11-19)18(12-31)13-32-27(20)22(29)9-15;1-5-9-6(8)7(2,3)4;;;/h1-5,8-11,13-14,19H,6-7H2,(H,33,36);1,3-6,8-11,13-14,16H,7H2,(H,32,34);5H2,1-4H3;1H3;;/q;;;-1;+1;/t19-;16-;;;;/m00..../s1/i;;;;;1+2. The van der Waals surface area contributed by atoms with Gasteiger partial charge in [-0.3, -0.25) is 14.8 Å². The van der Waals surface area contributed by atoms with Gasteiger partial charge in [-0.1, -0.05) is 64.5 Å². The van der Waals surface area contributed by atoms with Gasteiger partial charge in [-0.05, 0) is 154 Å². The van der Waals surface area contributed by atoms with Crippen molar-refractivity contribution in [3.63, 3.8) is 0 Å². The number of anilines is 4. The maximum Gasteiger partial charge on any atom is -0.358 e. The summed E-state index contributed by atoms with van der Waals surface area (Å²) in [5, 5.41) is 36.7. The number of carbonyl (C=O) groups excluding carboxylic acids is 1. The van der Waals surface area contributed by atoms with E-state index in [1.807, 2.05) is 87.3 Å². The molecule has 0 saturated heterocycles. The number of carbonyl (C=O) groups is 1. The number of terminal acetylenes is 1. The minimum absolute atomic E-state index is 0. The van der Waals surface area contributed by atoms with Gasteiger partial charge in [-0.2, -0.15) is 20.8 Å². The molecule has 0 bridgehead atoms. The molecule has 0 aliphatic carbocycles. The fraction of sp³-hybridized carbons (Fsp3) is 0.175. The number of nitrogens with zero attached hydrogens (tertiary/aromatic N) is 8. The van der Waals surface area contributed by atoms with Crippen LogP contribution in [-0.2, 0) is 39.3 Å². The van der Waals surface area contributed by atoms with Gasteiger partial charge in [0.25, 0.3) is 0 Å². The number of hydrogen-bond donors (Lipinski definition) is 2. The van der Waals surface area contributed by atoms with Crippen molar-refractivity contribution in [1.82, 2.24) is 19.9 Å². The molecule has 6 aromatic carbocycles. The topological polar surface area (TPSA) is 174 Å². The number of hydrogen-bond acceptors (Lipinski definition) is 14. The molecule has 429 valence electrons. The second-order valence-corrected chi connectivity index (χ2v) is 23.0. The minimum Gasteiger partial charge on any atom is -0.358 e. The van der Waals surface area contributed by atoms with Crippen LogP contribution in [0.25, 0.3) is 42.2 Å². The second-order valence-electron chi connectivity index (χ2n) is 19.6. The first kappa shape index (κ1) is 62.5. The van der Waals surface area contributed by atoms with Crippen molar-refractivity contribution in [2.75, 3.05) is 23.8 Å². The molecule has 2 atom stereocenters. The van der Waals surface area contributed by atoms with E-state index >= 15 is 0 Å². The SMILES string of the molecule is C#C[C@@H](Cc1cc(Cl)c2ncc(C#N)c(Nc3ccc(F)c(Cl)c3)c2c1)c1ccc2ncsc2c1.CCOC(=O)C(C)(C)C.N#Cc1cnc2c(Cl)cc(C[C@H](C3=CCN=N3)c3ccc4ncsc4c3)cc2c1Nc1ccc(F)c(Cl)c1.[3H][Cu+].[CH3-]. The monoisotopic (exact) mass is 1290 g/mol. The molecule has 21 heteroatoms. The van der Waals surface area contributed by atoms with Crippen molar-refractivity contribution in [2.45, 2.75) is 52.4 Å². The zero-order chi connectivity index (χ0) is 60.2. The molecule has 0 radical (unpaired) electrons. The fourth-order valence-electron chi connectivity index (χ4n) is 8.91. The Labute approximate surface area is 523 Å². The molecule has 5 heterocycles. The minimum atomic E-state index is -0.528. The first-order chi connectivity index (χ1) is 40.4. The van der Waals surface area contributed by atoms with Crippen molar-refractivity contribution >= 4 is 140 Å². The van der Waals surface area contributed by atoms with Crippen LogP contribution in [0, 0.1) is 59.5 Å². The van der Waals surface area contributed by atoms with E-state index in [1.54, 1.807) is 34.8 Å². The number of pyridine rings is 2. The van der Waals surface area contributed by atoms with Gasteiger partial charge in [0.05, 0.1) is 109 Å². The Hall–Kier alpha value is -7.59. The van der Waals surface area contributed by atoms with Gasteiger partial charge in [0.2, 0.25) is 0 Å². The van der Waals surface area contributed by atoms with Crippen molar-refractivity contribution in [3.8, 4) is 24.5 Å². The van der Waals surface area contributed by atoms with Gasteiger partial charge < -0.3 is 22.8 Å². The van der Waals surface area contributed by atoms with Crippen LogP contribution in [-0.4, -0.2) is 40.0 Å². The van der Waals surface area contributed by atoms with E-state index in [9.17, 15) is 24.1 Å². The van der Waals surface area contributed by atoms with E-state index < -0.39 is 11.6 Å². The molecule has 0 unspecified atom stereocenters. The molecule has 1 aliphatic heterocycles. The molecular formula is C63H50Cl4CuF2N10O2S2. The van der Waals surface area contributed by atoms with Gasteiger partial charge in [0, 0.05) is 46.4 Å². The molecule has 0 saturated carbocycles. The van der Waals surface area contributed by atoms with Gasteiger partial charge in [-0.15, -0.1) is 29.1 Å². The van der Waals surface area contributed by atoms with Crippen LogP contribution in [0.1, 0.15) is 72.9 Å². The van der Waals surface area contributed by atoms with Crippen LogP contribution in [0.4, 0.5) is 31.5 Å². The third kappa shape index (κ3) is 14.8. The summed E-state index contributed by atoms with van der Waals surface area (Å²) in [6.45, 7) is 8.34. The van der Waals surface area contributed by atoms with E-state index in [-0.39, 0.29) is 40.7 Å². The Balaban J connectivity index is 0.000000206. The molecule has 2 N–H and O–H groups in total. The van der Waals surface area contributed by atoms with E-state index in [4.69, 9.17) is 58.5 Å². The Bertz CT molecular complexity index is 4310. The maximum absolute atomic E-state index is 13.7. The molecular weight excluding hydrogens is 1240 g/mol. The fourth-order valence-corrected chi connectivity index (χ4v) is 11.3. The summed E-state index contributed by atoms with van der Waals surface area (Å²) in [6, 6.07) is 32.8. The number of azo groups is 1. The summed E-state index contributed by atoms with van der Waals surface area (Å²) in [4.78, 5) is 28.4. The second kappa shape index (κ2) is 28.3. The van der Waals surface area contributed by atoms with E-state index in [0.29, 0.717) is 91.7 Å². The molecule has 84 heavy (non-hydrogen) atoms. The quantitative estimate of drug-likeness (QED) is 0.0518. The Kier molecular flexibility index (Phi) is 21.1. The van der Waals surface area contributed by atoms with Crippen LogP contribution in [0.5, 0.6) is 0 Å². The molecule has 0 spiro atoms. The van der Waals surface area contributed by atoms with Crippen LogP contribution in [0.2, 0.25) is 20.1 Å². The van der Waals surface area contributed by atoms with E-state index in [0.717, 1.165) is 48.4 Å². The normalized spacial score (nSPS) is 12.3. The summed E-state index contributed by atoms with van der Waals surface area (Å²) >= 11 is 31.9. The summed E-state index contributed by atoms with van der Waals surface area (Å²) < 4.78 is 39.6. The zero-order valence-electron chi connectivity index (χ0n) is 46.5. The first-order valence-electron chi connectivity index (χ1n) is 25.6. The number of allylic oxidation sites excluding steroid dienone is 1. The summed E-state index contributed by atoms with van der Waals surface area (Å²) in [5.74, 6) is 1.46. The Morgan fingerprint density at radius 3 is 1.67 bits per heavy atom. The molecule has 0 amide bonds. The largest absolute Gasteiger partial charge is 0.358 e. The maximum atomic E-state index is 13.7. The van der Waals surface area contributed by atoms with Crippen molar-refractivity contribution in [2.24, 2.45) is 15.6 Å². The number of thiazole rings is 2. The van der Waals surface area contributed by atoms with E-state index in [2.05, 4.69) is 94.0 Å². The van der Waals surface area contributed by atoms with Crippen molar-refractivity contribution in [1.29, 1.82) is 11.5 Å². The van der Waals surface area contributed by atoms with Gasteiger partial charge in [0.15, 0.2) is 0 Å². The van der Waals surface area contributed by atoms with Crippen LogP contribution < -0.4 is 10.6 Å². The number of esters is 1. The van der Waals surface area contributed by atoms with Gasteiger partial charge in [-0.25, -0.2) is 18.7 Å². The third-order valence-electron chi connectivity index (χ3n) is 13.0. The Morgan fingerprint density at radius 1 is 0.726 bits per heavy atom. The number of rotatable bonds is 12. The summed E-state index contributed by atoms with van der Waals surface area (Å²) in [7, 11) is 0. The molecule has 4 aromatic heterocycles. The molecule has 11 rings (SSSR count). The number of benzene rings is 6. The predicted molar refractivity (Wildman–Crippen MR) is 335 cm³/mol. The number of fused-ring (bicyclic) bond motifs is 4. The third-order valence-corrected chi connectivity index (χ3v) is 15.7. The predicted octanol–water partition coefficient (Wildman–Crippen LogP) is 18.2. The van der Waals surface area contributed by atoms with Crippen LogP contribution in [0.3, 0.4) is 0 Å². The van der Waals surface area contributed by atoms with Crippen LogP contribution >= 0.6 is 69.1 Å². The average molecular weight is 1290 g/mol. The zero-order valence-corrected chi connectivity index (χ0v) is 51.1. The Morgan fingerprint density at radius 2 is 1.23 bits per heavy atom. The number of aromatic nitrogens is 4. The summed E-state index contributed by atoms with van der Waals surface area (Å²) in [6.07, 6.45) is 12.0. The van der Waals surface area contributed by atoms with E-state index in [1.165, 1.54) is 36.7 Å². The van der Waals surface area contributed by atoms with Gasteiger partial charge >= 0.3 is 23.9 Å². The van der Waals surface area contributed by atoms with Gasteiger partial charge in [0.1, 0.15) is 23.8 Å². The van der Waals surface area contributed by atoms with Crippen molar-refractivity contribution < 1.29 is 35.2 Å². The average Bonchev–Trinajstić information content (AvgIpc) is 3.56. The number of nitriles is 2. The smallest absolute Gasteiger partial charge is 0.358 e. The molecule has 10 aromatic rings. The van der Waals surface area contributed by atoms with Crippen LogP contribution in [0.15, 0.2) is 142 Å². The number of ether oxygens (including phenoxy) is 1.